The third-order valence-corrected chi connectivity index (χ3v) is 7.15. The van der Waals surface area contributed by atoms with Gasteiger partial charge in [0.1, 0.15) is 18.1 Å². The molecule has 1 N–H and O–H groups in total. The number of fused-ring (bicyclic) bond motifs is 1. The third kappa shape index (κ3) is 5.71. The van der Waals surface area contributed by atoms with Crippen molar-refractivity contribution in [2.24, 2.45) is 0 Å². The number of benzene rings is 1. The molecule has 0 bridgehead atoms. The van der Waals surface area contributed by atoms with Crippen molar-refractivity contribution in [2.45, 2.75) is 44.9 Å². The standard InChI is InChI=1S/C25H34N2O4S/c1-6-13-26(18(2)25(3,4)29)16-24(28)27-14-11-23-21(12-15-32-23)22(27)17-31-20-9-7-19(30-5)8-10-20/h6-10,12,15,18,22,29H,1,11,13-14,16-17H2,2-5H3. The van der Waals surface area contributed by atoms with Gasteiger partial charge in [-0.05, 0) is 68.5 Å². The zero-order valence-corrected chi connectivity index (χ0v) is 20.2. The van der Waals surface area contributed by atoms with Crippen LogP contribution in [0.15, 0.2) is 48.4 Å². The Hall–Kier alpha value is -2.35. The van der Waals surface area contributed by atoms with Crippen molar-refractivity contribution in [3.05, 3.63) is 58.8 Å². The van der Waals surface area contributed by atoms with Crippen LogP contribution in [0.3, 0.4) is 0 Å². The van der Waals surface area contributed by atoms with Crippen LogP contribution in [0.2, 0.25) is 0 Å². The van der Waals surface area contributed by atoms with Crippen LogP contribution in [0.5, 0.6) is 11.5 Å². The normalized spacial score (nSPS) is 17.1. The van der Waals surface area contributed by atoms with Gasteiger partial charge in [-0.1, -0.05) is 6.08 Å². The number of hydrogen-bond acceptors (Lipinski definition) is 6. The van der Waals surface area contributed by atoms with Gasteiger partial charge in [-0.15, -0.1) is 17.9 Å². The van der Waals surface area contributed by atoms with E-state index in [2.05, 4.69) is 18.0 Å². The van der Waals surface area contributed by atoms with Gasteiger partial charge in [0.15, 0.2) is 0 Å². The molecule has 3 rings (SSSR count). The molecule has 7 heteroatoms. The molecule has 2 unspecified atom stereocenters. The number of carbonyl (C=O) groups excluding carboxylic acids is 1. The summed E-state index contributed by atoms with van der Waals surface area (Å²) in [5.41, 5.74) is 0.233. The minimum absolute atomic E-state index is 0.0307. The zero-order valence-electron chi connectivity index (χ0n) is 19.4. The van der Waals surface area contributed by atoms with Gasteiger partial charge in [-0.25, -0.2) is 0 Å². The highest BCUT2D eigenvalue weighted by Crippen LogP contribution is 2.34. The summed E-state index contributed by atoms with van der Waals surface area (Å²) in [6.07, 6.45) is 2.62. The molecule has 0 fully saturated rings. The zero-order chi connectivity index (χ0) is 23.3. The van der Waals surface area contributed by atoms with E-state index in [1.54, 1.807) is 38.4 Å². The predicted octanol–water partition coefficient (Wildman–Crippen LogP) is 3.91. The molecule has 2 aromatic rings. The molecule has 1 aromatic carbocycles. The van der Waals surface area contributed by atoms with E-state index in [0.29, 0.717) is 19.7 Å². The third-order valence-electron chi connectivity index (χ3n) is 6.15. The molecule has 0 radical (unpaired) electrons. The number of nitrogens with zero attached hydrogens (tertiary/aromatic N) is 2. The molecular weight excluding hydrogens is 424 g/mol. The molecule has 1 amide bonds. The molecule has 1 aromatic heterocycles. The van der Waals surface area contributed by atoms with Gasteiger partial charge in [0, 0.05) is 24.0 Å². The summed E-state index contributed by atoms with van der Waals surface area (Å²) in [6, 6.07) is 9.23. The second-order valence-electron chi connectivity index (χ2n) is 8.69. The van der Waals surface area contributed by atoms with Gasteiger partial charge in [0.25, 0.3) is 0 Å². The first-order chi connectivity index (χ1) is 15.2. The van der Waals surface area contributed by atoms with Crippen LogP contribution in [-0.2, 0) is 11.2 Å². The Kier molecular flexibility index (Phi) is 7.98. The number of amides is 1. The number of carbonyl (C=O) groups is 1. The van der Waals surface area contributed by atoms with Gasteiger partial charge in [-0.2, -0.15) is 0 Å². The van der Waals surface area contributed by atoms with Crippen LogP contribution in [-0.4, -0.2) is 65.8 Å². The lowest BCUT2D eigenvalue weighted by atomic mass is 9.98. The lowest BCUT2D eigenvalue weighted by Gasteiger charge is -2.40. The van der Waals surface area contributed by atoms with Crippen molar-refractivity contribution in [3.8, 4) is 11.5 Å². The van der Waals surface area contributed by atoms with Crippen molar-refractivity contribution < 1.29 is 19.4 Å². The molecule has 6 nitrogen and oxygen atoms in total. The minimum Gasteiger partial charge on any atom is -0.497 e. The van der Waals surface area contributed by atoms with E-state index in [9.17, 15) is 9.90 Å². The molecule has 0 saturated carbocycles. The maximum absolute atomic E-state index is 13.5. The largest absolute Gasteiger partial charge is 0.497 e. The molecule has 2 heterocycles. The topological polar surface area (TPSA) is 62.2 Å². The Labute approximate surface area is 195 Å². The fourth-order valence-corrected chi connectivity index (χ4v) is 4.89. The molecule has 32 heavy (non-hydrogen) atoms. The van der Waals surface area contributed by atoms with Crippen LogP contribution in [0.1, 0.15) is 37.3 Å². The average molecular weight is 459 g/mol. The Morgan fingerprint density at radius 2 is 2.03 bits per heavy atom. The van der Waals surface area contributed by atoms with Gasteiger partial charge in [0.2, 0.25) is 5.91 Å². The molecular formula is C25H34N2O4S. The van der Waals surface area contributed by atoms with Gasteiger partial charge in [-0.3, -0.25) is 9.69 Å². The van der Waals surface area contributed by atoms with Crippen LogP contribution in [0.25, 0.3) is 0 Å². The van der Waals surface area contributed by atoms with Crippen LogP contribution in [0.4, 0.5) is 0 Å². The fourth-order valence-electron chi connectivity index (χ4n) is 3.96. The summed E-state index contributed by atoms with van der Waals surface area (Å²) < 4.78 is 11.3. The molecule has 0 aliphatic carbocycles. The molecule has 2 atom stereocenters. The highest BCUT2D eigenvalue weighted by atomic mass is 32.1. The number of hydrogen-bond donors (Lipinski definition) is 1. The maximum atomic E-state index is 13.5. The van der Waals surface area contributed by atoms with Crippen molar-refractivity contribution in [1.82, 2.24) is 9.80 Å². The maximum Gasteiger partial charge on any atom is 0.237 e. The van der Waals surface area contributed by atoms with Crippen LogP contribution in [0, 0.1) is 0 Å². The minimum atomic E-state index is -0.928. The van der Waals surface area contributed by atoms with E-state index in [4.69, 9.17) is 9.47 Å². The fraction of sp³-hybridized carbons (Fsp3) is 0.480. The van der Waals surface area contributed by atoms with Crippen LogP contribution < -0.4 is 9.47 Å². The molecule has 0 saturated heterocycles. The lowest BCUT2D eigenvalue weighted by molar-refractivity contribution is -0.137. The van der Waals surface area contributed by atoms with E-state index in [1.165, 1.54) is 4.88 Å². The second-order valence-corrected chi connectivity index (χ2v) is 9.69. The monoisotopic (exact) mass is 458 g/mol. The molecule has 1 aliphatic heterocycles. The Bertz CT molecular complexity index is 903. The van der Waals surface area contributed by atoms with E-state index in [1.807, 2.05) is 41.0 Å². The number of aliphatic hydroxyl groups is 1. The lowest BCUT2D eigenvalue weighted by Crippen LogP contribution is -2.53. The highest BCUT2D eigenvalue weighted by molar-refractivity contribution is 7.10. The summed E-state index contributed by atoms with van der Waals surface area (Å²) in [5, 5.41) is 12.6. The SMILES string of the molecule is C=CCN(CC(=O)N1CCc2sccc2C1COc1ccc(OC)cc1)C(C)C(C)(C)O. The average Bonchev–Trinajstić information content (AvgIpc) is 3.25. The first kappa shape index (κ1) is 24.3. The molecule has 174 valence electrons. The quantitative estimate of drug-likeness (QED) is 0.547. The van der Waals surface area contributed by atoms with E-state index in [0.717, 1.165) is 23.5 Å². The summed E-state index contributed by atoms with van der Waals surface area (Å²) >= 11 is 1.73. The van der Waals surface area contributed by atoms with E-state index >= 15 is 0 Å². The van der Waals surface area contributed by atoms with E-state index < -0.39 is 5.60 Å². The molecule has 0 spiro atoms. The van der Waals surface area contributed by atoms with Gasteiger partial charge < -0.3 is 19.5 Å². The second kappa shape index (κ2) is 10.5. The predicted molar refractivity (Wildman–Crippen MR) is 128 cm³/mol. The Balaban J connectivity index is 1.76. The Morgan fingerprint density at radius 1 is 1.34 bits per heavy atom. The Morgan fingerprint density at radius 3 is 2.66 bits per heavy atom. The number of rotatable bonds is 10. The first-order valence-electron chi connectivity index (χ1n) is 10.9. The van der Waals surface area contributed by atoms with Crippen molar-refractivity contribution >= 4 is 17.2 Å². The van der Waals surface area contributed by atoms with Gasteiger partial charge in [0.05, 0.1) is 25.3 Å². The smallest absolute Gasteiger partial charge is 0.237 e. The van der Waals surface area contributed by atoms with Gasteiger partial charge >= 0.3 is 0 Å². The molecule has 1 aliphatic rings. The van der Waals surface area contributed by atoms with Crippen LogP contribution >= 0.6 is 11.3 Å². The number of methoxy groups -OCH3 is 1. The summed E-state index contributed by atoms with van der Waals surface area (Å²) in [7, 11) is 1.63. The summed E-state index contributed by atoms with van der Waals surface area (Å²) in [6.45, 7) is 11.1. The summed E-state index contributed by atoms with van der Waals surface area (Å²) in [5.74, 6) is 1.54. The number of ether oxygens (including phenoxy) is 2. The van der Waals surface area contributed by atoms with E-state index in [-0.39, 0.29) is 24.5 Å². The van der Waals surface area contributed by atoms with Crippen molar-refractivity contribution in [2.75, 3.05) is 33.4 Å². The van der Waals surface area contributed by atoms with Crippen molar-refractivity contribution in [3.63, 3.8) is 0 Å². The first-order valence-corrected chi connectivity index (χ1v) is 11.8. The van der Waals surface area contributed by atoms with Crippen molar-refractivity contribution in [1.29, 1.82) is 0 Å². The summed E-state index contributed by atoms with van der Waals surface area (Å²) in [4.78, 5) is 18.7. The highest BCUT2D eigenvalue weighted by Gasteiger charge is 2.35. The number of thiophene rings is 1.